The van der Waals surface area contributed by atoms with Gasteiger partial charge in [-0.15, -0.1) is 11.3 Å². The van der Waals surface area contributed by atoms with Crippen molar-refractivity contribution < 1.29 is 0 Å². The number of hydrogen-bond donors (Lipinski definition) is 0. The zero-order chi connectivity index (χ0) is 13.4. The first-order valence-electron chi connectivity index (χ1n) is 6.19. The summed E-state index contributed by atoms with van der Waals surface area (Å²) >= 11 is 7.79. The molecule has 2 heterocycles. The van der Waals surface area contributed by atoms with Gasteiger partial charge in [-0.1, -0.05) is 42.8 Å². The van der Waals surface area contributed by atoms with E-state index in [4.69, 9.17) is 11.6 Å². The molecule has 0 bridgehead atoms. The lowest BCUT2D eigenvalue weighted by atomic mass is 10.0. The van der Waals surface area contributed by atoms with E-state index in [9.17, 15) is 0 Å². The topological polar surface area (TPSA) is 25.8 Å². The second-order valence-corrected chi connectivity index (χ2v) is 6.01. The summed E-state index contributed by atoms with van der Waals surface area (Å²) in [4.78, 5) is 9.67. The first kappa shape index (κ1) is 12.6. The second kappa shape index (κ2) is 4.91. The molecule has 3 aromatic rings. The fourth-order valence-corrected chi connectivity index (χ4v) is 3.50. The maximum atomic E-state index is 6.14. The molecule has 0 fully saturated rings. The third-order valence-electron chi connectivity index (χ3n) is 3.26. The molecule has 0 aliphatic rings. The van der Waals surface area contributed by atoms with Crippen LogP contribution in [-0.4, -0.2) is 9.97 Å². The number of aromatic nitrogens is 2. The van der Waals surface area contributed by atoms with E-state index in [1.54, 1.807) is 11.3 Å². The van der Waals surface area contributed by atoms with Crippen LogP contribution in [0.1, 0.15) is 17.4 Å². The van der Waals surface area contributed by atoms with Crippen molar-refractivity contribution in [1.82, 2.24) is 9.97 Å². The average molecular weight is 289 g/mol. The summed E-state index contributed by atoms with van der Waals surface area (Å²) in [6, 6.07) is 8.65. The van der Waals surface area contributed by atoms with Gasteiger partial charge < -0.3 is 0 Å². The molecule has 0 saturated carbocycles. The Hall–Kier alpha value is -1.45. The van der Waals surface area contributed by atoms with Gasteiger partial charge in [-0.2, -0.15) is 0 Å². The molecule has 96 valence electrons. The predicted octanol–water partition coefficient (Wildman–Crippen LogP) is 4.88. The lowest BCUT2D eigenvalue weighted by Crippen LogP contribution is -1.84. The Morgan fingerprint density at radius 1 is 1.16 bits per heavy atom. The van der Waals surface area contributed by atoms with E-state index in [1.165, 1.54) is 27.9 Å². The van der Waals surface area contributed by atoms with Crippen molar-refractivity contribution in [3.05, 3.63) is 46.2 Å². The van der Waals surface area contributed by atoms with E-state index in [2.05, 4.69) is 48.1 Å². The van der Waals surface area contributed by atoms with Gasteiger partial charge >= 0.3 is 0 Å². The summed E-state index contributed by atoms with van der Waals surface area (Å²) in [5.41, 5.74) is 4.66. The average Bonchev–Trinajstić information content (AvgIpc) is 2.77. The minimum absolute atomic E-state index is 0.537. The van der Waals surface area contributed by atoms with Crippen LogP contribution in [0.4, 0.5) is 0 Å². The Labute approximate surface area is 121 Å². The lowest BCUT2D eigenvalue weighted by Gasteiger charge is -2.03. The molecule has 2 nitrogen and oxygen atoms in total. The van der Waals surface area contributed by atoms with Crippen LogP contribution in [0.25, 0.3) is 21.3 Å². The Morgan fingerprint density at radius 2 is 1.89 bits per heavy atom. The van der Waals surface area contributed by atoms with Crippen LogP contribution in [0.3, 0.4) is 0 Å². The molecule has 4 heteroatoms. The molecule has 19 heavy (non-hydrogen) atoms. The van der Waals surface area contributed by atoms with E-state index in [-0.39, 0.29) is 0 Å². The third-order valence-corrected chi connectivity index (χ3v) is 4.75. The molecule has 0 atom stereocenters. The molecule has 0 unspecified atom stereocenters. The molecule has 0 aliphatic heterocycles. The quantitative estimate of drug-likeness (QED) is 0.628. The van der Waals surface area contributed by atoms with Crippen LogP contribution in [0.15, 0.2) is 30.6 Å². The second-order valence-electron chi connectivity index (χ2n) is 4.43. The van der Waals surface area contributed by atoms with Crippen molar-refractivity contribution in [3.8, 4) is 11.1 Å². The molecule has 0 radical (unpaired) electrons. The van der Waals surface area contributed by atoms with Gasteiger partial charge in [0.05, 0.1) is 10.2 Å². The van der Waals surface area contributed by atoms with Gasteiger partial charge in [0, 0.05) is 10.4 Å². The maximum Gasteiger partial charge on any atom is 0.150 e. The zero-order valence-electron chi connectivity index (χ0n) is 10.8. The third kappa shape index (κ3) is 2.13. The molecule has 0 aliphatic carbocycles. The smallest absolute Gasteiger partial charge is 0.150 e. The van der Waals surface area contributed by atoms with Crippen molar-refractivity contribution >= 4 is 33.2 Å². The number of fused-ring (bicyclic) bond motifs is 1. The molecular weight excluding hydrogens is 276 g/mol. The Balaban J connectivity index is 2.23. The SMILES string of the molecule is CCc1ccc(-c2c(C)sc3c(Cl)ncnc23)cc1. The number of rotatable bonds is 2. The van der Waals surface area contributed by atoms with Gasteiger partial charge in [0.1, 0.15) is 11.5 Å². The monoisotopic (exact) mass is 288 g/mol. The number of aryl methyl sites for hydroxylation is 2. The Bertz CT molecular complexity index is 732. The summed E-state index contributed by atoms with van der Waals surface area (Å²) < 4.78 is 0.969. The highest BCUT2D eigenvalue weighted by Crippen LogP contribution is 2.39. The first-order chi connectivity index (χ1) is 9.20. The number of benzene rings is 1. The number of halogens is 1. The molecule has 3 rings (SSSR count). The Morgan fingerprint density at radius 3 is 2.58 bits per heavy atom. The standard InChI is InChI=1S/C15H13ClN2S/c1-3-10-4-6-11(7-5-10)12-9(2)19-14-13(12)17-8-18-15(14)16/h4-8H,3H2,1-2H3. The van der Waals surface area contributed by atoms with E-state index in [0.29, 0.717) is 5.15 Å². The van der Waals surface area contributed by atoms with Crippen LogP contribution in [0.2, 0.25) is 5.15 Å². The van der Waals surface area contributed by atoms with Crippen LogP contribution in [-0.2, 0) is 6.42 Å². The van der Waals surface area contributed by atoms with Gasteiger partial charge in [0.25, 0.3) is 0 Å². The zero-order valence-corrected chi connectivity index (χ0v) is 12.3. The molecule has 2 aromatic heterocycles. The van der Waals surface area contributed by atoms with Crippen molar-refractivity contribution in [2.45, 2.75) is 20.3 Å². The van der Waals surface area contributed by atoms with Crippen LogP contribution < -0.4 is 0 Å². The summed E-state index contributed by atoms with van der Waals surface area (Å²) in [6.45, 7) is 4.26. The maximum absolute atomic E-state index is 6.14. The Kier molecular flexibility index (Phi) is 3.25. The van der Waals surface area contributed by atoms with Crippen molar-refractivity contribution in [1.29, 1.82) is 0 Å². The highest BCUT2D eigenvalue weighted by Gasteiger charge is 2.14. The van der Waals surface area contributed by atoms with Gasteiger partial charge in [0.15, 0.2) is 0 Å². The van der Waals surface area contributed by atoms with Gasteiger partial charge in [-0.05, 0) is 24.5 Å². The van der Waals surface area contributed by atoms with Gasteiger partial charge in [-0.3, -0.25) is 0 Å². The highest BCUT2D eigenvalue weighted by atomic mass is 35.5. The summed E-state index contributed by atoms with van der Waals surface area (Å²) in [7, 11) is 0. The summed E-state index contributed by atoms with van der Waals surface area (Å²) in [5.74, 6) is 0. The summed E-state index contributed by atoms with van der Waals surface area (Å²) in [5, 5.41) is 0.537. The minimum Gasteiger partial charge on any atom is -0.235 e. The lowest BCUT2D eigenvalue weighted by molar-refractivity contribution is 1.14. The molecule has 0 saturated heterocycles. The van der Waals surface area contributed by atoms with Crippen molar-refractivity contribution in [3.63, 3.8) is 0 Å². The number of hydrogen-bond acceptors (Lipinski definition) is 3. The molecular formula is C15H13ClN2S. The predicted molar refractivity (Wildman–Crippen MR) is 82.0 cm³/mol. The van der Waals surface area contributed by atoms with Crippen LogP contribution in [0.5, 0.6) is 0 Å². The number of nitrogens with zero attached hydrogens (tertiary/aromatic N) is 2. The number of thiophene rings is 1. The van der Waals surface area contributed by atoms with Gasteiger partial charge in [-0.25, -0.2) is 9.97 Å². The van der Waals surface area contributed by atoms with Gasteiger partial charge in [0.2, 0.25) is 0 Å². The molecule has 0 N–H and O–H groups in total. The van der Waals surface area contributed by atoms with E-state index >= 15 is 0 Å². The highest BCUT2D eigenvalue weighted by molar-refractivity contribution is 7.20. The molecule has 1 aromatic carbocycles. The van der Waals surface area contributed by atoms with Crippen molar-refractivity contribution in [2.24, 2.45) is 0 Å². The van der Waals surface area contributed by atoms with Crippen LogP contribution in [0, 0.1) is 6.92 Å². The van der Waals surface area contributed by atoms with E-state index in [1.807, 2.05) is 0 Å². The van der Waals surface area contributed by atoms with Crippen LogP contribution >= 0.6 is 22.9 Å². The summed E-state index contributed by atoms with van der Waals surface area (Å²) in [6.07, 6.45) is 2.58. The van der Waals surface area contributed by atoms with Crippen molar-refractivity contribution in [2.75, 3.05) is 0 Å². The minimum atomic E-state index is 0.537. The fraction of sp³-hybridized carbons (Fsp3) is 0.200. The normalized spacial score (nSPS) is 11.1. The molecule has 0 amide bonds. The van der Waals surface area contributed by atoms with E-state index in [0.717, 1.165) is 16.6 Å². The largest absolute Gasteiger partial charge is 0.235 e. The first-order valence-corrected chi connectivity index (χ1v) is 7.39. The molecule has 0 spiro atoms. The fourth-order valence-electron chi connectivity index (χ4n) is 2.24. The van der Waals surface area contributed by atoms with E-state index < -0.39 is 0 Å².